The summed E-state index contributed by atoms with van der Waals surface area (Å²) in [5, 5.41) is 2.82. The van der Waals surface area contributed by atoms with Gasteiger partial charge in [-0.3, -0.25) is 4.79 Å². The molecular weight excluding hydrogens is 514 g/mol. The predicted molar refractivity (Wildman–Crippen MR) is 150 cm³/mol. The number of halogens is 2. The number of carbonyl (C=O) groups excluding carboxylic acids is 2. The molecule has 1 aliphatic heterocycles. The number of rotatable bonds is 8. The Balaban J connectivity index is 1.53. The number of benzene rings is 2. The van der Waals surface area contributed by atoms with Crippen LogP contribution in [0.4, 0.5) is 14.5 Å². The molecule has 206 valence electrons. The number of amides is 1. The molecule has 0 saturated carbocycles. The first kappa shape index (κ1) is 28.2. The summed E-state index contributed by atoms with van der Waals surface area (Å²) in [6.07, 6.45) is 6.17. The number of hydrogen-bond acceptors (Lipinski definition) is 6. The molecule has 0 spiro atoms. The second-order valence-corrected chi connectivity index (χ2v) is 9.16. The fourth-order valence-corrected chi connectivity index (χ4v) is 4.52. The highest BCUT2D eigenvalue weighted by atomic mass is 19.1. The number of pyridine rings is 1. The molecule has 1 aromatic heterocycles. The van der Waals surface area contributed by atoms with Crippen molar-refractivity contribution in [1.82, 2.24) is 15.2 Å². The monoisotopic (exact) mass is 544 g/mol. The maximum atomic E-state index is 14.4. The molecule has 7 nitrogen and oxygen atoms in total. The summed E-state index contributed by atoms with van der Waals surface area (Å²) in [5.41, 5.74) is 7.08. The summed E-state index contributed by atoms with van der Waals surface area (Å²) < 4.78 is 34.5. The third-order valence-corrected chi connectivity index (χ3v) is 6.45. The van der Waals surface area contributed by atoms with Gasteiger partial charge in [-0.1, -0.05) is 43.0 Å². The summed E-state index contributed by atoms with van der Waals surface area (Å²) in [7, 11) is 0. The van der Waals surface area contributed by atoms with Crippen LogP contribution in [-0.2, 0) is 4.74 Å². The molecule has 1 amide bonds. The molecule has 2 heterocycles. The number of likely N-dealkylation sites (tertiary alicyclic amines) is 1. The lowest BCUT2D eigenvalue weighted by atomic mass is 10.1. The van der Waals surface area contributed by atoms with Gasteiger partial charge in [-0.2, -0.15) is 0 Å². The van der Waals surface area contributed by atoms with E-state index in [1.807, 2.05) is 11.0 Å². The van der Waals surface area contributed by atoms with Crippen LogP contribution in [0.25, 0.3) is 11.3 Å². The van der Waals surface area contributed by atoms with Crippen molar-refractivity contribution in [3.8, 4) is 11.3 Å². The van der Waals surface area contributed by atoms with Crippen LogP contribution in [0.5, 0.6) is 0 Å². The van der Waals surface area contributed by atoms with Crippen LogP contribution in [-0.4, -0.2) is 41.0 Å². The molecule has 9 heteroatoms. The number of allylic oxidation sites excluding steroid dienone is 3. The minimum Gasteiger partial charge on any atom is -0.457 e. The lowest BCUT2D eigenvalue weighted by Crippen LogP contribution is -2.42. The number of nitrogens with one attached hydrogen (secondary N) is 1. The van der Waals surface area contributed by atoms with E-state index >= 15 is 0 Å². The molecule has 3 N–H and O–H groups in total. The Morgan fingerprint density at radius 1 is 1.10 bits per heavy atom. The summed E-state index contributed by atoms with van der Waals surface area (Å²) >= 11 is 0. The van der Waals surface area contributed by atoms with Gasteiger partial charge >= 0.3 is 5.97 Å². The smallest absolute Gasteiger partial charge is 0.338 e. The minimum atomic E-state index is -0.804. The van der Waals surface area contributed by atoms with Gasteiger partial charge in [0.2, 0.25) is 0 Å². The number of nitrogens with zero attached hydrogens (tertiary/aromatic N) is 2. The quantitative estimate of drug-likeness (QED) is 0.282. The number of esters is 1. The van der Waals surface area contributed by atoms with Crippen LogP contribution in [0.15, 0.2) is 96.9 Å². The van der Waals surface area contributed by atoms with E-state index in [-0.39, 0.29) is 28.7 Å². The van der Waals surface area contributed by atoms with Crippen LogP contribution < -0.4 is 11.1 Å². The van der Waals surface area contributed by atoms with Crippen LogP contribution in [0.1, 0.15) is 40.6 Å². The molecule has 1 aliphatic rings. The zero-order chi connectivity index (χ0) is 28.6. The number of carbonyl (C=O) groups is 2. The standard InChI is InChI=1S/C31H30F2N4O3/c1-3-10-27(37-18-9-13-21(19-37)40-31(39)20-11-6-5-7-12-20)25(4-2)36-30(38)29-24(34)16-17-26(35-29)28-22(32)14-8-15-23(28)33/h3-8,10-12,14-17,21H,1,9,13,18-19,34H2,2H3,(H,36,38)/b25-4+,27-10+/t21-/m0/s1. The highest BCUT2D eigenvalue weighted by molar-refractivity contribution is 5.99. The van der Waals surface area contributed by atoms with E-state index < -0.39 is 23.5 Å². The second kappa shape index (κ2) is 12.8. The molecule has 2 aromatic carbocycles. The molecule has 4 rings (SSSR count). The average Bonchev–Trinajstić information content (AvgIpc) is 2.96. The van der Waals surface area contributed by atoms with Crippen LogP contribution in [0.2, 0.25) is 0 Å². The molecule has 3 aromatic rings. The normalized spacial score (nSPS) is 15.9. The topological polar surface area (TPSA) is 97.6 Å². The first-order chi connectivity index (χ1) is 19.3. The Morgan fingerprint density at radius 3 is 2.50 bits per heavy atom. The van der Waals surface area contributed by atoms with Gasteiger partial charge in [0.15, 0.2) is 5.69 Å². The zero-order valence-corrected chi connectivity index (χ0v) is 22.1. The molecular formula is C31H30F2N4O3. The zero-order valence-electron chi connectivity index (χ0n) is 22.1. The fourth-order valence-electron chi connectivity index (χ4n) is 4.52. The molecule has 1 atom stereocenters. The van der Waals surface area contributed by atoms with E-state index in [1.54, 1.807) is 49.4 Å². The summed E-state index contributed by atoms with van der Waals surface area (Å²) in [5.74, 6) is -2.65. The molecule has 0 radical (unpaired) electrons. The first-order valence-electron chi connectivity index (χ1n) is 12.8. The van der Waals surface area contributed by atoms with Crippen molar-refractivity contribution in [2.24, 2.45) is 0 Å². The average molecular weight is 545 g/mol. The highest BCUT2D eigenvalue weighted by Crippen LogP contribution is 2.27. The third kappa shape index (κ3) is 6.43. The maximum Gasteiger partial charge on any atom is 0.338 e. The van der Waals surface area contributed by atoms with Gasteiger partial charge in [0.1, 0.15) is 17.7 Å². The van der Waals surface area contributed by atoms with Crippen LogP contribution in [0.3, 0.4) is 0 Å². The Kier molecular flexibility index (Phi) is 9.06. The number of piperidine rings is 1. The Bertz CT molecular complexity index is 1450. The van der Waals surface area contributed by atoms with Crippen LogP contribution in [0, 0.1) is 11.6 Å². The molecule has 1 saturated heterocycles. The Labute approximate surface area is 231 Å². The van der Waals surface area contributed by atoms with Crippen molar-refractivity contribution in [2.45, 2.75) is 25.9 Å². The van der Waals surface area contributed by atoms with Crippen molar-refractivity contribution in [3.63, 3.8) is 0 Å². The number of nitrogens with two attached hydrogens (primary N) is 1. The number of hydrogen-bond donors (Lipinski definition) is 2. The van der Waals surface area contributed by atoms with E-state index in [9.17, 15) is 18.4 Å². The molecule has 40 heavy (non-hydrogen) atoms. The van der Waals surface area contributed by atoms with Gasteiger partial charge in [-0.05, 0) is 62.2 Å². The predicted octanol–water partition coefficient (Wildman–Crippen LogP) is 5.63. The highest BCUT2D eigenvalue weighted by Gasteiger charge is 2.27. The molecule has 1 fully saturated rings. The second-order valence-electron chi connectivity index (χ2n) is 9.16. The molecule has 0 aliphatic carbocycles. The van der Waals surface area contributed by atoms with Gasteiger partial charge in [-0.25, -0.2) is 18.6 Å². The number of nitrogen functional groups attached to an aromatic ring is 1. The van der Waals surface area contributed by atoms with E-state index in [1.165, 1.54) is 18.2 Å². The minimum absolute atomic E-state index is 0.0496. The van der Waals surface area contributed by atoms with Gasteiger partial charge in [-0.15, -0.1) is 0 Å². The lowest BCUT2D eigenvalue weighted by molar-refractivity contribution is 0.0121. The summed E-state index contributed by atoms with van der Waals surface area (Å²) in [4.78, 5) is 32.1. The number of anilines is 1. The summed E-state index contributed by atoms with van der Waals surface area (Å²) in [6, 6.07) is 15.0. The van der Waals surface area contributed by atoms with Gasteiger partial charge < -0.3 is 20.7 Å². The van der Waals surface area contributed by atoms with Crippen molar-refractivity contribution in [1.29, 1.82) is 0 Å². The third-order valence-electron chi connectivity index (χ3n) is 6.45. The number of ether oxygens (including phenoxy) is 1. The van der Waals surface area contributed by atoms with Crippen molar-refractivity contribution in [2.75, 3.05) is 18.8 Å². The fraction of sp³-hybridized carbons (Fsp3) is 0.194. The SMILES string of the molecule is C=C/C=C(\C(=C/C)NC(=O)c1nc(-c2c(F)cccc2F)ccc1N)N1CCC[C@H](OC(=O)c2ccccc2)C1. The summed E-state index contributed by atoms with van der Waals surface area (Å²) in [6.45, 7) is 6.63. The van der Waals surface area contributed by atoms with Gasteiger partial charge in [0.25, 0.3) is 5.91 Å². The number of aromatic nitrogens is 1. The van der Waals surface area contributed by atoms with Crippen molar-refractivity contribution < 1.29 is 23.1 Å². The maximum absolute atomic E-state index is 14.4. The van der Waals surface area contributed by atoms with E-state index in [2.05, 4.69) is 16.9 Å². The van der Waals surface area contributed by atoms with Crippen LogP contribution >= 0.6 is 0 Å². The first-order valence-corrected chi connectivity index (χ1v) is 12.8. The van der Waals surface area contributed by atoms with Gasteiger partial charge in [0.05, 0.1) is 40.4 Å². The van der Waals surface area contributed by atoms with E-state index in [0.29, 0.717) is 36.5 Å². The van der Waals surface area contributed by atoms with Gasteiger partial charge in [0, 0.05) is 6.54 Å². The van der Waals surface area contributed by atoms with Crippen molar-refractivity contribution in [3.05, 3.63) is 120 Å². The van der Waals surface area contributed by atoms with E-state index in [4.69, 9.17) is 10.5 Å². The lowest BCUT2D eigenvalue weighted by Gasteiger charge is -2.36. The van der Waals surface area contributed by atoms with Crippen molar-refractivity contribution >= 4 is 17.6 Å². The van der Waals surface area contributed by atoms with E-state index in [0.717, 1.165) is 18.6 Å². The molecule has 0 bridgehead atoms. The Morgan fingerprint density at radius 2 is 1.82 bits per heavy atom. The molecule has 0 unspecified atom stereocenters. The Hall–Kier alpha value is -4.79. The largest absolute Gasteiger partial charge is 0.457 e.